The predicted molar refractivity (Wildman–Crippen MR) is 69.5 cm³/mol. The van der Waals surface area contributed by atoms with Gasteiger partial charge in [0.25, 0.3) is 0 Å². The van der Waals surface area contributed by atoms with E-state index in [1.54, 1.807) is 6.07 Å². The van der Waals surface area contributed by atoms with Gasteiger partial charge >= 0.3 is 0 Å². The van der Waals surface area contributed by atoms with Crippen LogP contribution in [0.5, 0.6) is 0 Å². The Morgan fingerprint density at radius 2 is 2.17 bits per heavy atom. The van der Waals surface area contributed by atoms with E-state index in [1.165, 1.54) is 25.0 Å². The van der Waals surface area contributed by atoms with Crippen molar-refractivity contribution in [3.8, 4) is 11.3 Å². The highest BCUT2D eigenvalue weighted by Gasteiger charge is 2.30. The van der Waals surface area contributed by atoms with Crippen LogP contribution < -0.4 is 5.73 Å². The van der Waals surface area contributed by atoms with Crippen LogP contribution in [-0.4, -0.2) is 9.78 Å². The molecule has 3 rings (SSSR count). The maximum atomic E-state index is 13.2. The van der Waals surface area contributed by atoms with E-state index in [0.717, 1.165) is 11.3 Å². The van der Waals surface area contributed by atoms with Crippen LogP contribution in [-0.2, 0) is 0 Å². The first-order chi connectivity index (χ1) is 8.65. The molecule has 1 aliphatic rings. The third-order valence-corrected chi connectivity index (χ3v) is 3.57. The summed E-state index contributed by atoms with van der Waals surface area (Å²) in [6.07, 6.45) is 2.49. The summed E-state index contributed by atoms with van der Waals surface area (Å²) in [4.78, 5) is 0. The number of rotatable bonds is 3. The molecule has 1 unspecified atom stereocenters. The van der Waals surface area contributed by atoms with E-state index in [-0.39, 0.29) is 5.82 Å². The van der Waals surface area contributed by atoms with Gasteiger partial charge in [0.15, 0.2) is 0 Å². The standard InChI is InChI=1S/C14H16FN3/c1-9(10-5-6-10)18-14(16)8-13(17-18)11-3-2-4-12(15)7-11/h2-4,7-10H,5-6,16H2,1H3. The van der Waals surface area contributed by atoms with Gasteiger partial charge in [0.1, 0.15) is 11.6 Å². The van der Waals surface area contributed by atoms with E-state index in [1.807, 2.05) is 16.8 Å². The minimum Gasteiger partial charge on any atom is -0.384 e. The Labute approximate surface area is 105 Å². The van der Waals surface area contributed by atoms with Crippen LogP contribution in [0.3, 0.4) is 0 Å². The molecule has 1 fully saturated rings. The lowest BCUT2D eigenvalue weighted by Gasteiger charge is -2.12. The van der Waals surface area contributed by atoms with Crippen molar-refractivity contribution in [2.45, 2.75) is 25.8 Å². The molecule has 1 atom stereocenters. The van der Waals surface area contributed by atoms with Crippen LogP contribution in [0.25, 0.3) is 11.3 Å². The SMILES string of the molecule is CC(C1CC1)n1nc(-c2cccc(F)c2)cc1N. The molecule has 94 valence electrons. The molecule has 1 aromatic heterocycles. The van der Waals surface area contributed by atoms with Gasteiger partial charge in [0.05, 0.1) is 11.7 Å². The summed E-state index contributed by atoms with van der Waals surface area (Å²) in [7, 11) is 0. The fourth-order valence-corrected chi connectivity index (χ4v) is 2.30. The molecule has 2 N–H and O–H groups in total. The maximum Gasteiger partial charge on any atom is 0.123 e. The van der Waals surface area contributed by atoms with E-state index in [9.17, 15) is 4.39 Å². The van der Waals surface area contributed by atoms with Crippen molar-refractivity contribution in [1.29, 1.82) is 0 Å². The Kier molecular flexibility index (Phi) is 2.58. The van der Waals surface area contributed by atoms with Gasteiger partial charge in [0.2, 0.25) is 0 Å². The van der Waals surface area contributed by atoms with Crippen molar-refractivity contribution < 1.29 is 4.39 Å². The number of nitrogen functional groups attached to an aromatic ring is 1. The zero-order chi connectivity index (χ0) is 12.7. The average molecular weight is 245 g/mol. The lowest BCUT2D eigenvalue weighted by Crippen LogP contribution is -2.11. The number of hydrogen-bond acceptors (Lipinski definition) is 2. The molecule has 18 heavy (non-hydrogen) atoms. The largest absolute Gasteiger partial charge is 0.384 e. The molecular formula is C14H16FN3. The Morgan fingerprint density at radius 1 is 1.39 bits per heavy atom. The normalized spacial score (nSPS) is 16.8. The van der Waals surface area contributed by atoms with Crippen molar-refractivity contribution >= 4 is 5.82 Å². The van der Waals surface area contributed by atoms with Crippen LogP contribution >= 0.6 is 0 Å². The summed E-state index contributed by atoms with van der Waals surface area (Å²) in [6.45, 7) is 2.14. The first kappa shape index (κ1) is 11.3. The first-order valence-corrected chi connectivity index (χ1v) is 6.26. The molecule has 3 nitrogen and oxygen atoms in total. The molecule has 1 heterocycles. The van der Waals surface area contributed by atoms with E-state index in [2.05, 4.69) is 12.0 Å². The zero-order valence-electron chi connectivity index (χ0n) is 10.3. The van der Waals surface area contributed by atoms with Gasteiger partial charge in [-0.2, -0.15) is 5.10 Å². The first-order valence-electron chi connectivity index (χ1n) is 6.26. The number of nitrogens with two attached hydrogens (primary N) is 1. The number of anilines is 1. The van der Waals surface area contributed by atoms with Crippen molar-refractivity contribution in [1.82, 2.24) is 9.78 Å². The van der Waals surface area contributed by atoms with E-state index in [0.29, 0.717) is 17.8 Å². The van der Waals surface area contributed by atoms with Crippen LogP contribution in [0.15, 0.2) is 30.3 Å². The van der Waals surface area contributed by atoms with E-state index < -0.39 is 0 Å². The molecule has 0 saturated heterocycles. The Balaban J connectivity index is 1.96. The van der Waals surface area contributed by atoms with Crippen molar-refractivity contribution in [2.24, 2.45) is 5.92 Å². The Hall–Kier alpha value is -1.84. The quantitative estimate of drug-likeness (QED) is 0.902. The Bertz CT molecular complexity index is 572. The van der Waals surface area contributed by atoms with Gasteiger partial charge in [-0.05, 0) is 37.8 Å². The molecular weight excluding hydrogens is 229 g/mol. The minimum atomic E-state index is -0.254. The van der Waals surface area contributed by atoms with E-state index in [4.69, 9.17) is 5.73 Å². The molecule has 2 aromatic rings. The summed E-state index contributed by atoms with van der Waals surface area (Å²) in [6, 6.07) is 8.58. The molecule has 1 saturated carbocycles. The zero-order valence-corrected chi connectivity index (χ0v) is 10.3. The van der Waals surface area contributed by atoms with Gasteiger partial charge in [-0.3, -0.25) is 0 Å². The third-order valence-electron chi connectivity index (χ3n) is 3.57. The fraction of sp³-hybridized carbons (Fsp3) is 0.357. The summed E-state index contributed by atoms with van der Waals surface area (Å²) in [5.41, 5.74) is 7.49. The second-order valence-electron chi connectivity index (χ2n) is 4.99. The molecule has 0 amide bonds. The van der Waals surface area contributed by atoms with Crippen LogP contribution in [0, 0.1) is 11.7 Å². The van der Waals surface area contributed by atoms with E-state index >= 15 is 0 Å². The molecule has 1 aromatic carbocycles. The lowest BCUT2D eigenvalue weighted by molar-refractivity contribution is 0.447. The van der Waals surface area contributed by atoms with Gasteiger partial charge in [-0.1, -0.05) is 12.1 Å². The summed E-state index contributed by atoms with van der Waals surface area (Å²) >= 11 is 0. The summed E-state index contributed by atoms with van der Waals surface area (Å²) < 4.78 is 15.1. The number of hydrogen-bond donors (Lipinski definition) is 1. The molecule has 0 spiro atoms. The highest BCUT2D eigenvalue weighted by atomic mass is 19.1. The van der Waals surface area contributed by atoms with Crippen LogP contribution in [0.4, 0.5) is 10.2 Å². The Morgan fingerprint density at radius 3 is 2.83 bits per heavy atom. The smallest absolute Gasteiger partial charge is 0.123 e. The predicted octanol–water partition coefficient (Wildman–Crippen LogP) is 3.24. The lowest BCUT2D eigenvalue weighted by atomic mass is 10.1. The van der Waals surface area contributed by atoms with Gasteiger partial charge in [-0.15, -0.1) is 0 Å². The average Bonchev–Trinajstić information content (AvgIpc) is 3.12. The summed E-state index contributed by atoms with van der Waals surface area (Å²) in [5.74, 6) is 1.08. The number of aromatic nitrogens is 2. The van der Waals surface area contributed by atoms with Crippen molar-refractivity contribution in [3.63, 3.8) is 0 Å². The fourth-order valence-electron chi connectivity index (χ4n) is 2.30. The van der Waals surface area contributed by atoms with Crippen LogP contribution in [0.2, 0.25) is 0 Å². The second kappa shape index (κ2) is 4.12. The van der Waals surface area contributed by atoms with Crippen LogP contribution in [0.1, 0.15) is 25.8 Å². The molecule has 0 bridgehead atoms. The van der Waals surface area contributed by atoms with Gasteiger partial charge < -0.3 is 5.73 Å². The van der Waals surface area contributed by atoms with Gasteiger partial charge in [-0.25, -0.2) is 9.07 Å². The van der Waals surface area contributed by atoms with Crippen molar-refractivity contribution in [2.75, 3.05) is 5.73 Å². The van der Waals surface area contributed by atoms with Gasteiger partial charge in [0, 0.05) is 11.6 Å². The molecule has 4 heteroatoms. The molecule has 1 aliphatic carbocycles. The topological polar surface area (TPSA) is 43.8 Å². The highest BCUT2D eigenvalue weighted by molar-refractivity contribution is 5.62. The minimum absolute atomic E-state index is 0.254. The molecule has 0 radical (unpaired) electrons. The summed E-state index contributed by atoms with van der Waals surface area (Å²) in [5, 5.41) is 4.51. The monoisotopic (exact) mass is 245 g/mol. The van der Waals surface area contributed by atoms with Crippen molar-refractivity contribution in [3.05, 3.63) is 36.1 Å². The molecule has 0 aliphatic heterocycles. The number of benzene rings is 1. The third kappa shape index (κ3) is 1.98. The maximum absolute atomic E-state index is 13.2. The number of halogens is 1. The second-order valence-corrected chi connectivity index (χ2v) is 4.99. The highest BCUT2D eigenvalue weighted by Crippen LogP contribution is 2.40. The number of nitrogens with zero attached hydrogens (tertiary/aromatic N) is 2.